The molecule has 0 aromatic carbocycles. The van der Waals surface area contributed by atoms with Crippen LogP contribution in [0.4, 0.5) is 10.5 Å². The van der Waals surface area contributed by atoms with Crippen LogP contribution >= 0.6 is 0 Å². The van der Waals surface area contributed by atoms with E-state index in [-0.39, 0.29) is 18.5 Å². The van der Waals surface area contributed by atoms with E-state index in [0.29, 0.717) is 12.2 Å². The van der Waals surface area contributed by atoms with Gasteiger partial charge in [0.05, 0.1) is 18.3 Å². The van der Waals surface area contributed by atoms with Crippen molar-refractivity contribution in [1.82, 2.24) is 14.7 Å². The molecule has 1 aliphatic heterocycles. The molecule has 0 radical (unpaired) electrons. The van der Waals surface area contributed by atoms with Gasteiger partial charge in [-0.1, -0.05) is 0 Å². The van der Waals surface area contributed by atoms with Gasteiger partial charge in [-0.15, -0.1) is 0 Å². The number of carbonyl (C=O) groups is 2. The molecule has 0 spiro atoms. The third-order valence-electron chi connectivity index (χ3n) is 3.26. The van der Waals surface area contributed by atoms with Crippen LogP contribution in [0.1, 0.15) is 26.2 Å². The molecule has 1 fully saturated rings. The summed E-state index contributed by atoms with van der Waals surface area (Å²) in [7, 11) is 0. The van der Waals surface area contributed by atoms with Gasteiger partial charge < -0.3 is 15.3 Å². The Morgan fingerprint density at radius 2 is 2.37 bits per heavy atom. The molecule has 2 N–H and O–H groups in total. The van der Waals surface area contributed by atoms with E-state index >= 15 is 0 Å². The number of aryl methyl sites for hydroxylation is 1. The third-order valence-corrected chi connectivity index (χ3v) is 3.26. The number of carbonyl (C=O) groups excluding carboxylic acids is 1. The van der Waals surface area contributed by atoms with Crippen LogP contribution in [0.3, 0.4) is 0 Å². The quantitative estimate of drug-likeness (QED) is 0.861. The van der Waals surface area contributed by atoms with Crippen molar-refractivity contribution in [2.75, 3.05) is 11.9 Å². The summed E-state index contributed by atoms with van der Waals surface area (Å²) < 4.78 is 1.72. The minimum absolute atomic E-state index is 0.00163. The molecule has 2 rings (SSSR count). The molecule has 7 heteroatoms. The van der Waals surface area contributed by atoms with Crippen LogP contribution < -0.4 is 5.32 Å². The van der Waals surface area contributed by atoms with Crippen LogP contribution in [-0.2, 0) is 11.3 Å². The van der Waals surface area contributed by atoms with E-state index in [1.807, 2.05) is 6.92 Å². The van der Waals surface area contributed by atoms with Crippen LogP contribution in [0.25, 0.3) is 0 Å². The molecule has 1 unspecified atom stereocenters. The van der Waals surface area contributed by atoms with Crippen LogP contribution in [0.2, 0.25) is 0 Å². The molecule has 0 saturated carbocycles. The fourth-order valence-corrected chi connectivity index (χ4v) is 2.31. The fourth-order valence-electron chi connectivity index (χ4n) is 2.31. The first kappa shape index (κ1) is 13.4. The molecule has 2 amide bonds. The first-order valence-electron chi connectivity index (χ1n) is 6.42. The molecule has 1 saturated heterocycles. The van der Waals surface area contributed by atoms with Gasteiger partial charge in [0.1, 0.15) is 0 Å². The number of nitrogens with one attached hydrogen (secondary N) is 1. The van der Waals surface area contributed by atoms with Gasteiger partial charge in [-0.25, -0.2) is 4.79 Å². The van der Waals surface area contributed by atoms with Gasteiger partial charge in [0, 0.05) is 25.3 Å². The number of aliphatic carboxylic acids is 1. The highest BCUT2D eigenvalue weighted by molar-refractivity contribution is 5.89. The van der Waals surface area contributed by atoms with Crippen LogP contribution in [0.15, 0.2) is 12.4 Å². The fraction of sp³-hybridized carbons (Fsp3) is 0.583. The molecule has 0 bridgehead atoms. The van der Waals surface area contributed by atoms with Gasteiger partial charge in [-0.2, -0.15) is 5.10 Å². The zero-order chi connectivity index (χ0) is 13.8. The number of hydrogen-bond acceptors (Lipinski definition) is 3. The van der Waals surface area contributed by atoms with Crippen molar-refractivity contribution in [3.05, 3.63) is 12.4 Å². The topological polar surface area (TPSA) is 87.5 Å². The Morgan fingerprint density at radius 1 is 1.58 bits per heavy atom. The minimum Gasteiger partial charge on any atom is -0.481 e. The van der Waals surface area contributed by atoms with Crippen molar-refractivity contribution in [2.24, 2.45) is 0 Å². The Labute approximate surface area is 111 Å². The monoisotopic (exact) mass is 266 g/mol. The van der Waals surface area contributed by atoms with Gasteiger partial charge >= 0.3 is 12.0 Å². The summed E-state index contributed by atoms with van der Waals surface area (Å²) in [6.07, 6.45) is 4.93. The lowest BCUT2D eigenvalue weighted by Crippen LogP contribution is -2.39. The lowest BCUT2D eigenvalue weighted by atomic mass is 10.1. The number of hydrogen-bond donors (Lipinski definition) is 2. The lowest BCUT2D eigenvalue weighted by molar-refractivity contribution is -0.137. The van der Waals surface area contributed by atoms with Crippen molar-refractivity contribution in [3.63, 3.8) is 0 Å². The Hall–Kier alpha value is -2.05. The average Bonchev–Trinajstić information content (AvgIpc) is 2.97. The highest BCUT2D eigenvalue weighted by Gasteiger charge is 2.30. The molecular weight excluding hydrogens is 248 g/mol. The summed E-state index contributed by atoms with van der Waals surface area (Å²) in [5.41, 5.74) is 0.632. The Kier molecular flexibility index (Phi) is 4.03. The van der Waals surface area contributed by atoms with E-state index in [4.69, 9.17) is 5.11 Å². The second kappa shape index (κ2) is 5.73. The summed E-state index contributed by atoms with van der Waals surface area (Å²) in [5.74, 6) is -0.872. The maximum atomic E-state index is 12.1. The zero-order valence-electron chi connectivity index (χ0n) is 10.9. The van der Waals surface area contributed by atoms with Gasteiger partial charge in [-0.3, -0.25) is 9.48 Å². The third kappa shape index (κ3) is 3.24. The first-order chi connectivity index (χ1) is 9.10. The molecule has 2 heterocycles. The normalized spacial score (nSPS) is 18.6. The number of anilines is 1. The van der Waals surface area contributed by atoms with Crippen molar-refractivity contribution in [1.29, 1.82) is 0 Å². The van der Waals surface area contributed by atoms with E-state index in [0.717, 1.165) is 19.4 Å². The van der Waals surface area contributed by atoms with E-state index in [2.05, 4.69) is 10.4 Å². The number of amides is 2. The maximum absolute atomic E-state index is 12.1. The average molecular weight is 266 g/mol. The minimum atomic E-state index is -0.872. The van der Waals surface area contributed by atoms with E-state index in [1.54, 1.807) is 22.0 Å². The predicted octanol–water partition coefficient (Wildman–Crippen LogP) is 1.37. The van der Waals surface area contributed by atoms with E-state index in [9.17, 15) is 9.59 Å². The number of likely N-dealkylation sites (tertiary alicyclic amines) is 1. The molecule has 1 aromatic rings. The van der Waals surface area contributed by atoms with Crippen molar-refractivity contribution >= 4 is 17.7 Å². The van der Waals surface area contributed by atoms with Crippen LogP contribution in [0.5, 0.6) is 0 Å². The largest absolute Gasteiger partial charge is 0.481 e. The van der Waals surface area contributed by atoms with Crippen molar-refractivity contribution in [2.45, 2.75) is 38.8 Å². The summed E-state index contributed by atoms with van der Waals surface area (Å²) in [4.78, 5) is 24.4. The van der Waals surface area contributed by atoms with Gasteiger partial charge in [0.15, 0.2) is 0 Å². The van der Waals surface area contributed by atoms with Crippen molar-refractivity contribution < 1.29 is 14.7 Å². The summed E-state index contributed by atoms with van der Waals surface area (Å²) in [6.45, 7) is 3.30. The van der Waals surface area contributed by atoms with Gasteiger partial charge in [0.2, 0.25) is 0 Å². The Bertz CT molecular complexity index is 471. The SMILES string of the molecule is CCn1cc(NC(=O)N2CCCC2CC(=O)O)cn1. The second-order valence-electron chi connectivity index (χ2n) is 4.60. The first-order valence-corrected chi connectivity index (χ1v) is 6.42. The number of nitrogens with zero attached hydrogens (tertiary/aromatic N) is 3. The van der Waals surface area contributed by atoms with E-state index in [1.165, 1.54) is 0 Å². The van der Waals surface area contributed by atoms with Crippen molar-refractivity contribution in [3.8, 4) is 0 Å². The highest BCUT2D eigenvalue weighted by atomic mass is 16.4. The number of rotatable bonds is 4. The van der Waals surface area contributed by atoms with Crippen LogP contribution in [0, 0.1) is 0 Å². The molecule has 1 aromatic heterocycles. The molecular formula is C12H18N4O3. The molecule has 104 valence electrons. The summed E-state index contributed by atoms with van der Waals surface area (Å²) >= 11 is 0. The number of aromatic nitrogens is 2. The Morgan fingerprint density at radius 3 is 3.00 bits per heavy atom. The van der Waals surface area contributed by atoms with Gasteiger partial charge in [0.25, 0.3) is 0 Å². The Balaban J connectivity index is 1.96. The standard InChI is InChI=1S/C12H18N4O3/c1-2-15-8-9(7-13-15)14-12(19)16-5-3-4-10(16)6-11(17)18/h7-8,10H,2-6H2,1H3,(H,14,19)(H,17,18). The molecule has 1 atom stereocenters. The molecule has 7 nitrogen and oxygen atoms in total. The van der Waals surface area contributed by atoms with Crippen LogP contribution in [-0.4, -0.2) is 44.4 Å². The molecule has 1 aliphatic rings. The predicted molar refractivity (Wildman–Crippen MR) is 68.9 cm³/mol. The van der Waals surface area contributed by atoms with Gasteiger partial charge in [-0.05, 0) is 19.8 Å². The number of carboxylic acid groups (broad SMARTS) is 1. The summed E-state index contributed by atoms with van der Waals surface area (Å²) in [5, 5.41) is 15.7. The number of carboxylic acids is 1. The lowest BCUT2D eigenvalue weighted by Gasteiger charge is -2.23. The number of urea groups is 1. The second-order valence-corrected chi connectivity index (χ2v) is 4.60. The maximum Gasteiger partial charge on any atom is 0.322 e. The molecule has 19 heavy (non-hydrogen) atoms. The summed E-state index contributed by atoms with van der Waals surface area (Å²) in [6, 6.07) is -0.460. The smallest absolute Gasteiger partial charge is 0.322 e. The highest BCUT2D eigenvalue weighted by Crippen LogP contribution is 2.21. The molecule has 0 aliphatic carbocycles. The zero-order valence-corrected chi connectivity index (χ0v) is 10.9. The van der Waals surface area contributed by atoms with E-state index < -0.39 is 5.97 Å².